The Morgan fingerprint density at radius 3 is 2.30 bits per heavy atom. The Labute approximate surface area is 125 Å². The van der Waals surface area contributed by atoms with Crippen molar-refractivity contribution in [3.8, 4) is 0 Å². The van der Waals surface area contributed by atoms with E-state index in [9.17, 15) is 8.42 Å². The maximum atomic E-state index is 11.8. The largest absolute Gasteiger partial charge is 0.303 e. The molecule has 0 saturated carbocycles. The minimum Gasteiger partial charge on any atom is -0.303 e. The molecule has 1 heterocycles. The highest BCUT2D eigenvalue weighted by atomic mass is 32.2. The molecule has 0 aromatic rings. The Kier molecular flexibility index (Phi) is 7.48. The third kappa shape index (κ3) is 7.04. The van der Waals surface area contributed by atoms with Crippen LogP contribution in [0.25, 0.3) is 0 Å². The van der Waals surface area contributed by atoms with Crippen LogP contribution in [0.4, 0.5) is 0 Å². The van der Waals surface area contributed by atoms with Crippen molar-refractivity contribution < 1.29 is 8.42 Å². The van der Waals surface area contributed by atoms with Crippen molar-refractivity contribution in [3.63, 3.8) is 0 Å². The normalized spacial score (nSPS) is 20.4. The monoisotopic (exact) mass is 304 g/mol. The molecular weight excluding hydrogens is 272 g/mol. The number of sulfonamides is 1. The zero-order valence-corrected chi connectivity index (χ0v) is 14.4. The van der Waals surface area contributed by atoms with Crippen LogP contribution in [0.5, 0.6) is 0 Å². The number of piperidine rings is 1. The quantitative estimate of drug-likeness (QED) is 0.749. The molecule has 1 atom stereocenters. The molecule has 0 amide bonds. The van der Waals surface area contributed by atoms with Crippen LogP contribution in [-0.4, -0.2) is 44.7 Å². The number of likely N-dealkylation sites (tertiary alicyclic amines) is 1. The first-order valence-corrected chi connectivity index (χ1v) is 9.70. The van der Waals surface area contributed by atoms with Gasteiger partial charge in [0.25, 0.3) is 0 Å². The first-order chi connectivity index (χ1) is 9.32. The summed E-state index contributed by atoms with van der Waals surface area (Å²) in [7, 11) is -3.06. The highest BCUT2D eigenvalue weighted by molar-refractivity contribution is 7.89. The van der Waals surface area contributed by atoms with Crippen LogP contribution in [0.3, 0.4) is 0 Å². The average Bonchev–Trinajstić information content (AvgIpc) is 2.30. The van der Waals surface area contributed by atoms with E-state index in [1.807, 2.05) is 6.92 Å². The van der Waals surface area contributed by atoms with Gasteiger partial charge in [0.1, 0.15) is 0 Å². The molecule has 0 aromatic heterocycles. The van der Waals surface area contributed by atoms with Gasteiger partial charge in [-0.3, -0.25) is 0 Å². The first kappa shape index (κ1) is 17.9. The van der Waals surface area contributed by atoms with Crippen LogP contribution < -0.4 is 4.72 Å². The van der Waals surface area contributed by atoms with Gasteiger partial charge < -0.3 is 4.90 Å². The maximum Gasteiger partial charge on any atom is 0.211 e. The highest BCUT2D eigenvalue weighted by Gasteiger charge is 2.23. The predicted molar refractivity (Wildman–Crippen MR) is 85.3 cm³/mol. The van der Waals surface area contributed by atoms with Crippen molar-refractivity contribution in [3.05, 3.63) is 0 Å². The van der Waals surface area contributed by atoms with Crippen LogP contribution in [0.2, 0.25) is 0 Å². The Morgan fingerprint density at radius 1 is 1.20 bits per heavy atom. The van der Waals surface area contributed by atoms with Gasteiger partial charge in [0, 0.05) is 12.6 Å². The number of hydrogen-bond acceptors (Lipinski definition) is 3. The predicted octanol–water partition coefficient (Wildman–Crippen LogP) is 2.46. The molecule has 120 valence electrons. The Hall–Kier alpha value is -0.130. The van der Waals surface area contributed by atoms with Crippen molar-refractivity contribution in [2.45, 2.75) is 59.4 Å². The summed E-state index contributed by atoms with van der Waals surface area (Å²) in [6, 6.07) is 0.142. The molecular formula is C15H32N2O2S. The summed E-state index contributed by atoms with van der Waals surface area (Å²) in [6.07, 6.45) is 3.83. The summed E-state index contributed by atoms with van der Waals surface area (Å²) >= 11 is 0. The molecule has 0 radical (unpaired) electrons. The van der Waals surface area contributed by atoms with Crippen molar-refractivity contribution in [1.82, 2.24) is 9.62 Å². The second-order valence-corrected chi connectivity index (χ2v) is 8.62. The van der Waals surface area contributed by atoms with Crippen LogP contribution >= 0.6 is 0 Å². The molecule has 4 nitrogen and oxygen atoms in total. The lowest BCUT2D eigenvalue weighted by Gasteiger charge is -2.34. The third-order valence-electron chi connectivity index (χ3n) is 3.85. The van der Waals surface area contributed by atoms with E-state index in [0.29, 0.717) is 6.42 Å². The summed E-state index contributed by atoms with van der Waals surface area (Å²) in [5.41, 5.74) is 0. The summed E-state index contributed by atoms with van der Waals surface area (Å²) in [5, 5.41) is 0. The number of nitrogens with one attached hydrogen (secondary N) is 1. The number of hydrogen-bond donors (Lipinski definition) is 1. The maximum absolute atomic E-state index is 11.8. The van der Waals surface area contributed by atoms with Crippen LogP contribution in [0.15, 0.2) is 0 Å². The van der Waals surface area contributed by atoms with Gasteiger partial charge in [-0.15, -0.1) is 0 Å². The summed E-state index contributed by atoms with van der Waals surface area (Å²) in [4.78, 5) is 2.48. The van der Waals surface area contributed by atoms with Crippen molar-refractivity contribution in [2.75, 3.05) is 25.4 Å². The lowest BCUT2D eigenvalue weighted by molar-refractivity contribution is 0.175. The molecule has 1 fully saturated rings. The fourth-order valence-electron chi connectivity index (χ4n) is 3.14. The fourth-order valence-corrected chi connectivity index (χ4v) is 4.53. The molecule has 1 aliphatic rings. The van der Waals surface area contributed by atoms with Gasteiger partial charge in [0.05, 0.1) is 5.75 Å². The second kappa shape index (κ2) is 8.35. The molecule has 1 N–H and O–H groups in total. The summed E-state index contributed by atoms with van der Waals surface area (Å²) in [5.74, 6) is 1.73. The minimum atomic E-state index is -3.06. The minimum absolute atomic E-state index is 0.142. The van der Waals surface area contributed by atoms with Crippen LogP contribution in [0, 0.1) is 11.8 Å². The molecule has 1 aliphatic heterocycles. The van der Waals surface area contributed by atoms with Gasteiger partial charge in [-0.2, -0.15) is 0 Å². The Morgan fingerprint density at radius 2 is 1.80 bits per heavy atom. The molecule has 0 unspecified atom stereocenters. The molecule has 0 aromatic carbocycles. The van der Waals surface area contributed by atoms with Crippen LogP contribution in [-0.2, 0) is 10.0 Å². The smallest absolute Gasteiger partial charge is 0.211 e. The number of rotatable bonds is 8. The summed E-state index contributed by atoms with van der Waals surface area (Å²) < 4.78 is 26.4. The summed E-state index contributed by atoms with van der Waals surface area (Å²) in [6.45, 7) is 11.9. The van der Waals surface area contributed by atoms with Crippen molar-refractivity contribution >= 4 is 10.0 Å². The zero-order chi connectivity index (χ0) is 15.2. The topological polar surface area (TPSA) is 49.4 Å². The molecule has 0 bridgehead atoms. The van der Waals surface area contributed by atoms with E-state index in [-0.39, 0.29) is 11.8 Å². The van der Waals surface area contributed by atoms with Gasteiger partial charge in [-0.1, -0.05) is 27.7 Å². The Bertz CT molecular complexity index is 360. The SMILES string of the molecule is CCCS(=O)(=O)NC1CCN(C[C@@H](C)CC(C)C)CC1. The van der Waals surface area contributed by atoms with Gasteiger partial charge in [-0.25, -0.2) is 13.1 Å². The fraction of sp³-hybridized carbons (Fsp3) is 1.00. The zero-order valence-electron chi connectivity index (χ0n) is 13.6. The van der Waals surface area contributed by atoms with E-state index in [4.69, 9.17) is 0 Å². The molecule has 1 rings (SSSR count). The van der Waals surface area contributed by atoms with E-state index >= 15 is 0 Å². The van der Waals surface area contributed by atoms with E-state index in [2.05, 4.69) is 30.4 Å². The molecule has 5 heteroatoms. The first-order valence-electron chi connectivity index (χ1n) is 8.04. The van der Waals surface area contributed by atoms with Gasteiger partial charge in [0.15, 0.2) is 0 Å². The average molecular weight is 305 g/mol. The van der Waals surface area contributed by atoms with Crippen LogP contribution in [0.1, 0.15) is 53.4 Å². The Balaban J connectivity index is 2.29. The molecule has 0 spiro atoms. The van der Waals surface area contributed by atoms with E-state index in [1.165, 1.54) is 6.42 Å². The molecule has 1 saturated heterocycles. The van der Waals surface area contributed by atoms with E-state index in [0.717, 1.165) is 44.3 Å². The second-order valence-electron chi connectivity index (χ2n) is 6.75. The van der Waals surface area contributed by atoms with Crippen molar-refractivity contribution in [1.29, 1.82) is 0 Å². The third-order valence-corrected chi connectivity index (χ3v) is 5.49. The lowest BCUT2D eigenvalue weighted by Crippen LogP contribution is -2.46. The van der Waals surface area contributed by atoms with Gasteiger partial charge in [0.2, 0.25) is 10.0 Å². The van der Waals surface area contributed by atoms with E-state index < -0.39 is 10.0 Å². The highest BCUT2D eigenvalue weighted by Crippen LogP contribution is 2.17. The van der Waals surface area contributed by atoms with Crippen molar-refractivity contribution in [2.24, 2.45) is 11.8 Å². The van der Waals surface area contributed by atoms with Gasteiger partial charge in [-0.05, 0) is 50.6 Å². The standard InChI is InChI=1S/C15H32N2O2S/c1-5-10-20(18,19)16-15-6-8-17(9-7-15)12-14(4)11-13(2)3/h13-16H,5-12H2,1-4H3/t14-/m0/s1. The van der Waals surface area contributed by atoms with E-state index in [1.54, 1.807) is 0 Å². The molecule has 0 aliphatic carbocycles. The molecule has 20 heavy (non-hydrogen) atoms. The van der Waals surface area contributed by atoms with Gasteiger partial charge >= 0.3 is 0 Å². The number of nitrogens with zero attached hydrogens (tertiary/aromatic N) is 1. The lowest BCUT2D eigenvalue weighted by atomic mass is 9.97.